The molecule has 0 aliphatic rings. The minimum atomic E-state index is -0.894. The van der Waals surface area contributed by atoms with Crippen LogP contribution in [0.15, 0.2) is 52.9 Å². The summed E-state index contributed by atoms with van der Waals surface area (Å²) in [6.45, 7) is 0. The number of carbonyl (C=O) groups excluding carboxylic acids is 2. The number of amides is 1. The summed E-state index contributed by atoms with van der Waals surface area (Å²) >= 11 is 0. The zero-order chi connectivity index (χ0) is 19.4. The van der Waals surface area contributed by atoms with Crippen LogP contribution < -0.4 is 10.1 Å². The SMILES string of the molecule is COC(=O)[C@H](Cc1ccc(O)cc1)NC(=O)c1cc2cc(OC)ccc2o1. The van der Waals surface area contributed by atoms with Crippen LogP contribution in [0, 0.1) is 0 Å². The van der Waals surface area contributed by atoms with Crippen molar-refractivity contribution in [3.8, 4) is 11.5 Å². The number of furan rings is 1. The van der Waals surface area contributed by atoms with Crippen molar-refractivity contribution in [2.75, 3.05) is 14.2 Å². The number of fused-ring (bicyclic) bond motifs is 1. The summed E-state index contributed by atoms with van der Waals surface area (Å²) in [5.41, 5.74) is 1.30. The number of esters is 1. The standard InChI is InChI=1S/C20H19NO6/c1-25-15-7-8-17-13(10-15)11-18(27-17)19(23)21-16(20(24)26-2)9-12-3-5-14(22)6-4-12/h3-8,10-11,16,22H,9H2,1-2H3,(H,21,23)/t16-/m0/s1. The monoisotopic (exact) mass is 369 g/mol. The average Bonchev–Trinajstić information content (AvgIpc) is 3.11. The summed E-state index contributed by atoms with van der Waals surface area (Å²) in [6, 6.07) is 12.3. The van der Waals surface area contributed by atoms with Gasteiger partial charge < -0.3 is 24.3 Å². The van der Waals surface area contributed by atoms with E-state index in [1.807, 2.05) is 0 Å². The number of phenolic OH excluding ortho intramolecular Hbond substituents is 1. The van der Waals surface area contributed by atoms with Crippen LogP contribution in [0.4, 0.5) is 0 Å². The molecular weight excluding hydrogens is 350 g/mol. The van der Waals surface area contributed by atoms with E-state index in [1.54, 1.807) is 43.5 Å². The van der Waals surface area contributed by atoms with Gasteiger partial charge in [-0.05, 0) is 42.0 Å². The lowest BCUT2D eigenvalue weighted by Crippen LogP contribution is -2.42. The van der Waals surface area contributed by atoms with E-state index < -0.39 is 17.9 Å². The Labute approximate surface area is 155 Å². The maximum atomic E-state index is 12.6. The molecule has 0 spiro atoms. The Balaban J connectivity index is 1.79. The number of rotatable bonds is 6. The zero-order valence-electron chi connectivity index (χ0n) is 14.9. The van der Waals surface area contributed by atoms with Crippen LogP contribution in [0.25, 0.3) is 11.0 Å². The maximum absolute atomic E-state index is 12.6. The maximum Gasteiger partial charge on any atom is 0.328 e. The van der Waals surface area contributed by atoms with Gasteiger partial charge in [0.1, 0.15) is 23.1 Å². The predicted octanol–water partition coefficient (Wildman–Crippen LogP) is 2.66. The van der Waals surface area contributed by atoms with Gasteiger partial charge in [0.2, 0.25) is 0 Å². The number of hydrogen-bond acceptors (Lipinski definition) is 6. The topological polar surface area (TPSA) is 98.0 Å². The molecule has 1 heterocycles. The molecule has 2 aromatic carbocycles. The van der Waals surface area contributed by atoms with Gasteiger partial charge in [-0.1, -0.05) is 12.1 Å². The number of nitrogens with one attached hydrogen (secondary N) is 1. The number of phenols is 1. The lowest BCUT2D eigenvalue weighted by atomic mass is 10.1. The van der Waals surface area contributed by atoms with E-state index in [0.29, 0.717) is 16.7 Å². The van der Waals surface area contributed by atoms with Crippen LogP contribution in [0.2, 0.25) is 0 Å². The van der Waals surface area contributed by atoms with Gasteiger partial charge in [0.05, 0.1) is 14.2 Å². The molecular formula is C20H19NO6. The Hall–Kier alpha value is -3.48. The van der Waals surface area contributed by atoms with Crippen molar-refractivity contribution < 1.29 is 28.6 Å². The highest BCUT2D eigenvalue weighted by Gasteiger charge is 2.24. The lowest BCUT2D eigenvalue weighted by Gasteiger charge is -2.16. The normalized spacial score (nSPS) is 11.8. The summed E-state index contributed by atoms with van der Waals surface area (Å²) in [5.74, 6) is -0.253. The number of ether oxygens (including phenoxy) is 2. The van der Waals surface area contributed by atoms with E-state index in [1.165, 1.54) is 19.2 Å². The quantitative estimate of drug-likeness (QED) is 0.648. The van der Waals surface area contributed by atoms with E-state index in [-0.39, 0.29) is 17.9 Å². The van der Waals surface area contributed by atoms with Gasteiger partial charge in [-0.2, -0.15) is 0 Å². The lowest BCUT2D eigenvalue weighted by molar-refractivity contribution is -0.142. The number of hydrogen-bond donors (Lipinski definition) is 2. The van der Waals surface area contributed by atoms with Crippen LogP contribution in [-0.4, -0.2) is 37.2 Å². The van der Waals surface area contributed by atoms with E-state index >= 15 is 0 Å². The highest BCUT2D eigenvalue weighted by Crippen LogP contribution is 2.24. The summed E-state index contributed by atoms with van der Waals surface area (Å²) < 4.78 is 15.5. The number of carbonyl (C=O) groups is 2. The van der Waals surface area contributed by atoms with Gasteiger partial charge in [0.25, 0.3) is 5.91 Å². The second-order valence-electron chi connectivity index (χ2n) is 5.93. The molecule has 3 aromatic rings. The molecule has 7 nitrogen and oxygen atoms in total. The van der Waals surface area contributed by atoms with Crippen LogP contribution in [-0.2, 0) is 16.0 Å². The number of methoxy groups -OCH3 is 2. The van der Waals surface area contributed by atoms with Gasteiger partial charge in [0.15, 0.2) is 5.76 Å². The Morgan fingerprint density at radius 1 is 1.11 bits per heavy atom. The van der Waals surface area contributed by atoms with Crippen LogP contribution in [0.3, 0.4) is 0 Å². The summed E-state index contributed by atoms with van der Waals surface area (Å²) in [4.78, 5) is 24.6. The van der Waals surface area contributed by atoms with Crippen molar-refractivity contribution in [3.05, 3.63) is 59.9 Å². The highest BCUT2D eigenvalue weighted by atomic mass is 16.5. The molecule has 3 rings (SSSR count). The fourth-order valence-electron chi connectivity index (χ4n) is 2.69. The minimum absolute atomic E-state index is 0.0814. The van der Waals surface area contributed by atoms with Crippen molar-refractivity contribution in [3.63, 3.8) is 0 Å². The first kappa shape index (κ1) is 18.3. The average molecular weight is 369 g/mol. The van der Waals surface area contributed by atoms with Crippen molar-refractivity contribution in [1.29, 1.82) is 0 Å². The predicted molar refractivity (Wildman–Crippen MR) is 97.8 cm³/mol. The van der Waals surface area contributed by atoms with Gasteiger partial charge >= 0.3 is 5.97 Å². The minimum Gasteiger partial charge on any atom is -0.508 e. The third-order valence-electron chi connectivity index (χ3n) is 4.11. The Bertz CT molecular complexity index is 960. The zero-order valence-corrected chi connectivity index (χ0v) is 14.9. The van der Waals surface area contributed by atoms with Crippen LogP contribution in [0.5, 0.6) is 11.5 Å². The van der Waals surface area contributed by atoms with E-state index in [9.17, 15) is 14.7 Å². The van der Waals surface area contributed by atoms with Crippen molar-refractivity contribution in [1.82, 2.24) is 5.32 Å². The van der Waals surface area contributed by atoms with E-state index in [2.05, 4.69) is 5.32 Å². The Kier molecular flexibility index (Phi) is 5.30. The first-order chi connectivity index (χ1) is 13.0. The van der Waals surface area contributed by atoms with Crippen LogP contribution in [0.1, 0.15) is 16.1 Å². The molecule has 0 radical (unpaired) electrons. The molecule has 7 heteroatoms. The van der Waals surface area contributed by atoms with Gasteiger partial charge in [0, 0.05) is 11.8 Å². The second kappa shape index (κ2) is 7.82. The van der Waals surface area contributed by atoms with Gasteiger partial charge in [-0.25, -0.2) is 4.79 Å². The molecule has 0 saturated heterocycles. The first-order valence-electron chi connectivity index (χ1n) is 8.24. The molecule has 0 saturated carbocycles. The van der Waals surface area contributed by atoms with Gasteiger partial charge in [-0.15, -0.1) is 0 Å². The molecule has 0 fully saturated rings. The molecule has 0 aliphatic carbocycles. The summed E-state index contributed by atoms with van der Waals surface area (Å²) in [7, 11) is 2.81. The van der Waals surface area contributed by atoms with E-state index in [4.69, 9.17) is 13.9 Å². The summed E-state index contributed by atoms with van der Waals surface area (Å²) in [6.07, 6.45) is 0.215. The molecule has 1 aromatic heterocycles. The molecule has 0 bridgehead atoms. The fraction of sp³-hybridized carbons (Fsp3) is 0.200. The van der Waals surface area contributed by atoms with Crippen molar-refractivity contribution in [2.24, 2.45) is 0 Å². The third kappa shape index (κ3) is 4.20. The molecule has 1 amide bonds. The number of aromatic hydroxyl groups is 1. The smallest absolute Gasteiger partial charge is 0.328 e. The second-order valence-corrected chi connectivity index (χ2v) is 5.93. The molecule has 2 N–H and O–H groups in total. The molecule has 27 heavy (non-hydrogen) atoms. The third-order valence-corrected chi connectivity index (χ3v) is 4.11. The molecule has 0 aliphatic heterocycles. The van der Waals surface area contributed by atoms with Crippen molar-refractivity contribution >= 4 is 22.8 Å². The van der Waals surface area contributed by atoms with E-state index in [0.717, 1.165) is 5.56 Å². The highest BCUT2D eigenvalue weighted by molar-refractivity contribution is 5.98. The summed E-state index contributed by atoms with van der Waals surface area (Å²) in [5, 5.41) is 12.7. The van der Waals surface area contributed by atoms with Crippen molar-refractivity contribution in [2.45, 2.75) is 12.5 Å². The van der Waals surface area contributed by atoms with Crippen LogP contribution >= 0.6 is 0 Å². The first-order valence-corrected chi connectivity index (χ1v) is 8.24. The molecule has 1 atom stereocenters. The molecule has 140 valence electrons. The Morgan fingerprint density at radius 2 is 1.85 bits per heavy atom. The fourth-order valence-corrected chi connectivity index (χ4v) is 2.69. The number of benzene rings is 2. The molecule has 0 unspecified atom stereocenters. The largest absolute Gasteiger partial charge is 0.508 e. The van der Waals surface area contributed by atoms with Gasteiger partial charge in [-0.3, -0.25) is 4.79 Å². The Morgan fingerprint density at radius 3 is 2.52 bits per heavy atom.